The average Bonchev–Trinajstić information content (AvgIpc) is 2.29. The number of rotatable bonds is 4. The van der Waals surface area contributed by atoms with Crippen molar-refractivity contribution >= 4 is 50.6 Å². The molecule has 0 aliphatic heterocycles. The summed E-state index contributed by atoms with van der Waals surface area (Å²) < 4.78 is 22.6. The molecule has 1 rings (SSSR count). The summed E-state index contributed by atoms with van der Waals surface area (Å²) in [5.41, 5.74) is -0.513. The Morgan fingerprint density at radius 2 is 1.85 bits per heavy atom. The maximum atomic E-state index is 11.8. The molecule has 0 saturated heterocycles. The first-order chi connectivity index (χ1) is 9.04. The summed E-state index contributed by atoms with van der Waals surface area (Å²) in [6, 6.07) is 2.35. The van der Waals surface area contributed by atoms with Crippen molar-refractivity contribution in [2.24, 2.45) is 0 Å². The monoisotopic (exact) mass is 339 g/mol. The molecule has 6 nitrogen and oxygen atoms in total. The maximum absolute atomic E-state index is 11.8. The molecule has 0 bridgehead atoms. The zero-order chi connectivity index (χ0) is 15.7. The Bertz CT molecular complexity index is 672. The molecule has 0 fully saturated rings. The van der Waals surface area contributed by atoms with Gasteiger partial charge < -0.3 is 10.4 Å². The van der Waals surface area contributed by atoms with Crippen molar-refractivity contribution in [3.63, 3.8) is 0 Å². The van der Waals surface area contributed by atoms with Crippen LogP contribution >= 0.6 is 23.2 Å². The number of amides is 1. The van der Waals surface area contributed by atoms with Crippen LogP contribution in [0.3, 0.4) is 0 Å². The predicted octanol–water partition coefficient (Wildman–Crippen LogP) is 2.06. The summed E-state index contributed by atoms with van der Waals surface area (Å²) in [6.45, 7) is 1.19. The molecule has 0 aliphatic carbocycles. The predicted molar refractivity (Wildman–Crippen MR) is 76.4 cm³/mol. The van der Waals surface area contributed by atoms with E-state index in [1.54, 1.807) is 0 Å². The normalized spacial score (nSPS) is 12.8. The van der Waals surface area contributed by atoms with E-state index in [4.69, 9.17) is 28.3 Å². The number of carbonyl (C=O) groups is 2. The highest BCUT2D eigenvalue weighted by molar-refractivity contribution is 7.92. The minimum absolute atomic E-state index is 0.0848. The van der Waals surface area contributed by atoms with Crippen molar-refractivity contribution in [3.05, 3.63) is 27.7 Å². The minimum atomic E-state index is -3.60. The first-order valence-electron chi connectivity index (χ1n) is 5.26. The summed E-state index contributed by atoms with van der Waals surface area (Å²) >= 11 is 11.5. The molecule has 1 aromatic rings. The second kappa shape index (κ2) is 5.99. The van der Waals surface area contributed by atoms with E-state index in [1.807, 2.05) is 0 Å². The molecule has 1 aromatic carbocycles. The van der Waals surface area contributed by atoms with E-state index in [0.717, 1.165) is 12.3 Å². The van der Waals surface area contributed by atoms with Crippen molar-refractivity contribution in [2.75, 3.05) is 11.6 Å². The van der Waals surface area contributed by atoms with E-state index in [9.17, 15) is 18.0 Å². The van der Waals surface area contributed by atoms with Crippen LogP contribution < -0.4 is 5.32 Å². The van der Waals surface area contributed by atoms with Crippen LogP contribution in [0.25, 0.3) is 0 Å². The van der Waals surface area contributed by atoms with E-state index in [2.05, 4.69) is 5.32 Å². The minimum Gasteiger partial charge on any atom is -0.478 e. The van der Waals surface area contributed by atoms with Gasteiger partial charge in [0.1, 0.15) is 5.25 Å². The number of carboxylic acids is 1. The summed E-state index contributed by atoms with van der Waals surface area (Å²) in [6.07, 6.45) is 0.902. The number of hydrogen-bond acceptors (Lipinski definition) is 4. The van der Waals surface area contributed by atoms with Crippen molar-refractivity contribution in [3.8, 4) is 0 Å². The molecule has 110 valence electrons. The molecular formula is C11H11Cl2NO5S. The second-order valence-electron chi connectivity index (χ2n) is 4.08. The van der Waals surface area contributed by atoms with Crippen molar-refractivity contribution in [2.45, 2.75) is 12.2 Å². The van der Waals surface area contributed by atoms with Crippen molar-refractivity contribution in [1.29, 1.82) is 0 Å². The highest BCUT2D eigenvalue weighted by Gasteiger charge is 2.26. The Balaban J connectivity index is 3.22. The summed E-state index contributed by atoms with van der Waals surface area (Å²) in [5.74, 6) is -2.23. The van der Waals surface area contributed by atoms with E-state index in [1.165, 1.54) is 13.0 Å². The number of hydrogen-bond donors (Lipinski definition) is 2. The van der Waals surface area contributed by atoms with Crippen LogP contribution in [0.2, 0.25) is 10.0 Å². The lowest BCUT2D eigenvalue weighted by atomic mass is 10.1. The van der Waals surface area contributed by atoms with Gasteiger partial charge in [0.25, 0.3) is 0 Å². The fourth-order valence-electron chi connectivity index (χ4n) is 1.29. The van der Waals surface area contributed by atoms with Crippen LogP contribution in [-0.2, 0) is 14.6 Å². The van der Waals surface area contributed by atoms with Crippen LogP contribution in [0.15, 0.2) is 12.1 Å². The van der Waals surface area contributed by atoms with E-state index >= 15 is 0 Å². The highest BCUT2D eigenvalue weighted by atomic mass is 35.5. The maximum Gasteiger partial charge on any atom is 0.337 e. The lowest BCUT2D eigenvalue weighted by molar-refractivity contribution is -0.115. The fourth-order valence-corrected chi connectivity index (χ4v) is 2.28. The molecule has 2 N–H and O–H groups in total. The van der Waals surface area contributed by atoms with E-state index < -0.39 is 27.0 Å². The van der Waals surface area contributed by atoms with Crippen molar-refractivity contribution < 1.29 is 23.1 Å². The lowest BCUT2D eigenvalue weighted by Crippen LogP contribution is -2.32. The molecule has 0 spiro atoms. The van der Waals surface area contributed by atoms with Crippen LogP contribution in [0.1, 0.15) is 17.3 Å². The van der Waals surface area contributed by atoms with Gasteiger partial charge in [-0.3, -0.25) is 4.79 Å². The molecule has 9 heteroatoms. The largest absolute Gasteiger partial charge is 0.478 e. The fraction of sp³-hybridized carbons (Fsp3) is 0.273. The number of carbonyl (C=O) groups excluding carboxylic acids is 1. The Morgan fingerprint density at radius 3 is 2.30 bits per heavy atom. The van der Waals surface area contributed by atoms with Crippen LogP contribution in [-0.4, -0.2) is 36.9 Å². The van der Waals surface area contributed by atoms with Gasteiger partial charge in [-0.15, -0.1) is 0 Å². The summed E-state index contributed by atoms with van der Waals surface area (Å²) in [5, 5.41) is 9.90. The quantitative estimate of drug-likeness (QED) is 0.874. The smallest absolute Gasteiger partial charge is 0.337 e. The average molecular weight is 340 g/mol. The third-order valence-corrected chi connectivity index (χ3v) is 4.56. The number of benzene rings is 1. The van der Waals surface area contributed by atoms with Gasteiger partial charge in [0.15, 0.2) is 9.84 Å². The Hall–Kier alpha value is -1.31. The number of carboxylic acid groups (broad SMARTS) is 1. The lowest BCUT2D eigenvalue weighted by Gasteiger charge is -2.14. The molecule has 1 atom stereocenters. The van der Waals surface area contributed by atoms with Gasteiger partial charge in [-0.05, 0) is 19.1 Å². The number of anilines is 1. The van der Waals surface area contributed by atoms with E-state index in [-0.39, 0.29) is 21.3 Å². The molecule has 1 amide bonds. The van der Waals surface area contributed by atoms with E-state index in [0.29, 0.717) is 0 Å². The van der Waals surface area contributed by atoms with Gasteiger partial charge in [0.05, 0.1) is 16.3 Å². The number of halogens is 2. The first-order valence-corrected chi connectivity index (χ1v) is 7.97. The van der Waals surface area contributed by atoms with Crippen LogP contribution in [0.5, 0.6) is 0 Å². The Labute approximate surface area is 125 Å². The molecule has 0 aliphatic rings. The summed E-state index contributed by atoms with van der Waals surface area (Å²) in [7, 11) is -3.60. The standard InChI is InChI=1S/C11H11Cl2NO5S/c1-5(20(2,18)19)10(15)14-9-7(11(16)17)3-6(12)4-8(9)13/h3-5H,1-2H3,(H,14,15)(H,16,17). The van der Waals surface area contributed by atoms with Gasteiger partial charge in [0, 0.05) is 11.3 Å². The Kier molecular flexibility index (Phi) is 5.01. The third kappa shape index (κ3) is 3.84. The van der Waals surface area contributed by atoms with Gasteiger partial charge in [0.2, 0.25) is 5.91 Å². The topological polar surface area (TPSA) is 101 Å². The van der Waals surface area contributed by atoms with Crippen LogP contribution in [0.4, 0.5) is 5.69 Å². The highest BCUT2D eigenvalue weighted by Crippen LogP contribution is 2.30. The number of aromatic carboxylic acids is 1. The molecule has 0 aromatic heterocycles. The molecular weight excluding hydrogens is 329 g/mol. The molecule has 0 radical (unpaired) electrons. The molecule has 1 unspecified atom stereocenters. The zero-order valence-corrected chi connectivity index (χ0v) is 12.8. The SMILES string of the molecule is CC(C(=O)Nc1c(Cl)cc(Cl)cc1C(=O)O)S(C)(=O)=O. The first kappa shape index (κ1) is 16.7. The van der Waals surface area contributed by atoms with Crippen LogP contribution in [0, 0.1) is 0 Å². The number of sulfone groups is 1. The second-order valence-corrected chi connectivity index (χ2v) is 7.29. The zero-order valence-electron chi connectivity index (χ0n) is 10.5. The number of nitrogens with one attached hydrogen (secondary N) is 1. The van der Waals surface area contributed by atoms with Gasteiger partial charge in [-0.2, -0.15) is 0 Å². The van der Waals surface area contributed by atoms with Gasteiger partial charge in [-0.1, -0.05) is 23.2 Å². The van der Waals surface area contributed by atoms with Gasteiger partial charge >= 0.3 is 5.97 Å². The Morgan fingerprint density at radius 1 is 1.30 bits per heavy atom. The van der Waals surface area contributed by atoms with Crippen molar-refractivity contribution in [1.82, 2.24) is 0 Å². The summed E-state index contributed by atoms with van der Waals surface area (Å²) in [4.78, 5) is 22.9. The molecule has 20 heavy (non-hydrogen) atoms. The van der Waals surface area contributed by atoms with Gasteiger partial charge in [-0.25, -0.2) is 13.2 Å². The third-order valence-electron chi connectivity index (χ3n) is 2.55. The molecule has 0 heterocycles. The molecule has 0 saturated carbocycles.